The van der Waals surface area contributed by atoms with Gasteiger partial charge in [0.1, 0.15) is 0 Å². The van der Waals surface area contributed by atoms with Crippen LogP contribution in [0.25, 0.3) is 0 Å². The minimum absolute atomic E-state index is 0.0254. The summed E-state index contributed by atoms with van der Waals surface area (Å²) in [5.41, 5.74) is 2.73. The van der Waals surface area contributed by atoms with Crippen LogP contribution in [0.1, 0.15) is 41.8 Å². The topological polar surface area (TPSA) is 23.6 Å². The zero-order valence-electron chi connectivity index (χ0n) is 13.4. The Bertz CT molecular complexity index is 679. The molecule has 0 radical (unpaired) electrons. The fraction of sp³-hybridized carbons (Fsp3) is 0.500. The lowest BCUT2D eigenvalue weighted by atomic mass is 10.1. The minimum atomic E-state index is -0.0254. The molecular weight excluding hydrogens is 324 g/mol. The molecule has 4 rings (SSSR count). The zero-order chi connectivity index (χ0) is 15.8. The molecule has 2 aliphatic rings. The lowest BCUT2D eigenvalue weighted by Gasteiger charge is -2.35. The van der Waals surface area contributed by atoms with Crippen molar-refractivity contribution in [2.24, 2.45) is 0 Å². The summed E-state index contributed by atoms with van der Waals surface area (Å²) < 4.78 is 0. The van der Waals surface area contributed by atoms with Crippen LogP contribution in [-0.2, 0) is 17.8 Å². The second-order valence-corrected chi connectivity index (χ2v) is 8.29. The van der Waals surface area contributed by atoms with Crippen LogP contribution >= 0.6 is 22.7 Å². The highest BCUT2D eigenvalue weighted by Crippen LogP contribution is 2.35. The average Bonchev–Trinajstić information content (AvgIpc) is 3.32. The minimum Gasteiger partial charge on any atom is -0.337 e. The molecule has 1 amide bonds. The molecule has 0 saturated carbocycles. The maximum absolute atomic E-state index is 13.0. The fourth-order valence-corrected chi connectivity index (χ4v) is 5.51. The first kappa shape index (κ1) is 15.4. The Hall–Kier alpha value is -1.17. The number of hydrogen-bond donors (Lipinski definition) is 0. The molecule has 0 N–H and O–H groups in total. The predicted octanol–water partition coefficient (Wildman–Crippen LogP) is 3.92. The molecule has 2 aliphatic heterocycles. The van der Waals surface area contributed by atoms with Gasteiger partial charge >= 0.3 is 0 Å². The Labute approximate surface area is 145 Å². The van der Waals surface area contributed by atoms with E-state index in [4.69, 9.17) is 0 Å². The van der Waals surface area contributed by atoms with Crippen molar-refractivity contribution in [2.45, 2.75) is 44.8 Å². The van der Waals surface area contributed by atoms with Crippen molar-refractivity contribution in [3.63, 3.8) is 0 Å². The van der Waals surface area contributed by atoms with Crippen molar-refractivity contribution in [3.05, 3.63) is 44.3 Å². The largest absolute Gasteiger partial charge is 0.337 e. The molecule has 2 atom stereocenters. The van der Waals surface area contributed by atoms with E-state index in [2.05, 4.69) is 45.0 Å². The number of amides is 1. The molecule has 0 aromatic carbocycles. The lowest BCUT2D eigenvalue weighted by Crippen LogP contribution is -2.48. The third-order valence-corrected chi connectivity index (χ3v) is 6.92. The first-order valence-corrected chi connectivity index (χ1v) is 10.2. The van der Waals surface area contributed by atoms with E-state index in [9.17, 15) is 4.79 Å². The SMILES string of the molecule is C[C@@H](C(=O)N1CCc2sccc2C1)N1CCC[C@@H]1c1ccsc1. The van der Waals surface area contributed by atoms with Crippen molar-refractivity contribution in [2.75, 3.05) is 13.1 Å². The summed E-state index contributed by atoms with van der Waals surface area (Å²) in [6.07, 6.45) is 3.37. The van der Waals surface area contributed by atoms with Crippen LogP contribution in [0.5, 0.6) is 0 Å². The third kappa shape index (κ3) is 2.86. The molecule has 0 spiro atoms. The van der Waals surface area contributed by atoms with Crippen molar-refractivity contribution >= 4 is 28.6 Å². The van der Waals surface area contributed by atoms with Crippen LogP contribution in [0.3, 0.4) is 0 Å². The van der Waals surface area contributed by atoms with Gasteiger partial charge in [-0.25, -0.2) is 0 Å². The highest BCUT2D eigenvalue weighted by Gasteiger charge is 2.35. The first-order valence-electron chi connectivity index (χ1n) is 8.36. The van der Waals surface area contributed by atoms with E-state index in [0.29, 0.717) is 11.9 Å². The summed E-state index contributed by atoms with van der Waals surface area (Å²) >= 11 is 3.57. The summed E-state index contributed by atoms with van der Waals surface area (Å²) in [6.45, 7) is 4.79. The fourth-order valence-electron chi connectivity index (χ4n) is 3.92. The Morgan fingerprint density at radius 3 is 3.04 bits per heavy atom. The lowest BCUT2D eigenvalue weighted by molar-refractivity contribution is -0.137. The molecule has 0 aliphatic carbocycles. The normalized spacial score (nSPS) is 23.0. The molecule has 122 valence electrons. The van der Waals surface area contributed by atoms with Crippen molar-refractivity contribution in [1.82, 2.24) is 9.80 Å². The summed E-state index contributed by atoms with van der Waals surface area (Å²) in [7, 11) is 0. The van der Waals surface area contributed by atoms with Crippen LogP contribution in [0.15, 0.2) is 28.3 Å². The Morgan fingerprint density at radius 2 is 2.22 bits per heavy atom. The van der Waals surface area contributed by atoms with Gasteiger partial charge in [-0.3, -0.25) is 9.69 Å². The number of rotatable bonds is 3. The molecule has 2 aromatic rings. The highest BCUT2D eigenvalue weighted by molar-refractivity contribution is 7.10. The van der Waals surface area contributed by atoms with E-state index < -0.39 is 0 Å². The average molecular weight is 347 g/mol. The number of hydrogen-bond acceptors (Lipinski definition) is 4. The molecule has 0 unspecified atom stereocenters. The zero-order valence-corrected chi connectivity index (χ0v) is 15.0. The van der Waals surface area contributed by atoms with Crippen molar-refractivity contribution in [3.8, 4) is 0 Å². The second kappa shape index (κ2) is 6.38. The Morgan fingerprint density at radius 1 is 1.30 bits per heavy atom. The Balaban J connectivity index is 1.48. The van der Waals surface area contributed by atoms with Gasteiger partial charge in [-0.2, -0.15) is 11.3 Å². The molecule has 1 fully saturated rings. The van der Waals surface area contributed by atoms with Crippen LogP contribution < -0.4 is 0 Å². The van der Waals surface area contributed by atoms with Crippen molar-refractivity contribution in [1.29, 1.82) is 0 Å². The van der Waals surface area contributed by atoms with Crippen LogP contribution in [0, 0.1) is 0 Å². The molecule has 4 heterocycles. The van der Waals surface area contributed by atoms with Gasteiger partial charge in [-0.15, -0.1) is 11.3 Å². The molecular formula is C18H22N2OS2. The van der Waals surface area contributed by atoms with E-state index >= 15 is 0 Å². The number of carbonyl (C=O) groups is 1. The molecule has 3 nitrogen and oxygen atoms in total. The van der Waals surface area contributed by atoms with E-state index in [1.807, 2.05) is 11.3 Å². The second-order valence-electron chi connectivity index (χ2n) is 6.51. The van der Waals surface area contributed by atoms with E-state index in [-0.39, 0.29) is 6.04 Å². The smallest absolute Gasteiger partial charge is 0.239 e. The molecule has 0 bridgehead atoms. The van der Waals surface area contributed by atoms with Crippen molar-refractivity contribution < 1.29 is 4.79 Å². The molecule has 23 heavy (non-hydrogen) atoms. The standard InChI is InChI=1S/C18H22N2OS2/c1-13(20-7-2-3-16(20)15-5-9-22-12-15)18(21)19-8-4-17-14(11-19)6-10-23-17/h5-6,9-10,12-13,16H,2-4,7-8,11H2,1H3/t13-,16+/m0/s1. The molecule has 1 saturated heterocycles. The monoisotopic (exact) mass is 346 g/mol. The number of carbonyl (C=O) groups excluding carboxylic acids is 1. The number of nitrogens with zero attached hydrogens (tertiary/aromatic N) is 2. The number of thiophene rings is 2. The number of likely N-dealkylation sites (tertiary alicyclic amines) is 1. The first-order chi connectivity index (χ1) is 11.2. The van der Waals surface area contributed by atoms with E-state index in [1.165, 1.54) is 28.8 Å². The summed E-state index contributed by atoms with van der Waals surface area (Å²) in [5.74, 6) is 0.295. The summed E-state index contributed by atoms with van der Waals surface area (Å²) in [6, 6.07) is 4.78. The Kier molecular flexibility index (Phi) is 4.26. The van der Waals surface area contributed by atoms with Gasteiger partial charge in [0.25, 0.3) is 0 Å². The van der Waals surface area contributed by atoms with Crippen LogP contribution in [0.2, 0.25) is 0 Å². The maximum Gasteiger partial charge on any atom is 0.239 e. The summed E-state index contributed by atoms with van der Waals surface area (Å²) in [5, 5.41) is 6.52. The van der Waals surface area contributed by atoms with Gasteiger partial charge in [0.05, 0.1) is 6.04 Å². The van der Waals surface area contributed by atoms with Gasteiger partial charge in [-0.1, -0.05) is 0 Å². The highest BCUT2D eigenvalue weighted by atomic mass is 32.1. The maximum atomic E-state index is 13.0. The van der Waals surface area contributed by atoms with E-state index in [1.54, 1.807) is 11.3 Å². The molecule has 2 aromatic heterocycles. The van der Waals surface area contributed by atoms with Gasteiger partial charge < -0.3 is 4.90 Å². The van der Waals surface area contributed by atoms with Gasteiger partial charge in [0, 0.05) is 24.0 Å². The van der Waals surface area contributed by atoms with Gasteiger partial charge in [-0.05, 0) is 72.1 Å². The van der Waals surface area contributed by atoms with Crippen LogP contribution in [-0.4, -0.2) is 34.8 Å². The molecule has 5 heteroatoms. The predicted molar refractivity (Wildman–Crippen MR) is 95.9 cm³/mol. The number of fused-ring (bicyclic) bond motifs is 1. The van der Waals surface area contributed by atoms with E-state index in [0.717, 1.165) is 26.1 Å². The quantitative estimate of drug-likeness (QED) is 0.841. The van der Waals surface area contributed by atoms with Gasteiger partial charge in [0.15, 0.2) is 0 Å². The van der Waals surface area contributed by atoms with Gasteiger partial charge in [0.2, 0.25) is 5.91 Å². The third-order valence-electron chi connectivity index (χ3n) is 5.20. The summed E-state index contributed by atoms with van der Waals surface area (Å²) in [4.78, 5) is 18.9. The van der Waals surface area contributed by atoms with Crippen LogP contribution in [0.4, 0.5) is 0 Å².